The third-order valence-corrected chi connectivity index (χ3v) is 3.21. The normalized spacial score (nSPS) is 10.1. The molecule has 15 heavy (non-hydrogen) atoms. The smallest absolute Gasteiger partial charge is 0.0638 e. The van der Waals surface area contributed by atoms with Gasteiger partial charge in [0.05, 0.1) is 11.9 Å². The lowest BCUT2D eigenvalue weighted by molar-refractivity contribution is 1.26. The first-order valence-electron chi connectivity index (χ1n) is 4.72. The van der Waals surface area contributed by atoms with Gasteiger partial charge in [0.25, 0.3) is 0 Å². The molecule has 0 radical (unpaired) electrons. The Balaban J connectivity index is 2.03. The molecule has 3 heteroatoms. The summed E-state index contributed by atoms with van der Waals surface area (Å²) in [6, 6.07) is 12.3. The maximum absolute atomic E-state index is 5.80. The van der Waals surface area contributed by atoms with E-state index in [4.69, 9.17) is 5.73 Å². The Kier molecular flexibility index (Phi) is 3.25. The van der Waals surface area contributed by atoms with Crippen LogP contribution in [0.1, 0.15) is 5.56 Å². The van der Waals surface area contributed by atoms with Gasteiger partial charge in [0, 0.05) is 16.8 Å². The highest BCUT2D eigenvalue weighted by Gasteiger charge is 1.99. The fourth-order valence-corrected chi connectivity index (χ4v) is 2.15. The molecule has 0 bridgehead atoms. The van der Waals surface area contributed by atoms with Gasteiger partial charge in [-0.3, -0.25) is 4.98 Å². The van der Waals surface area contributed by atoms with E-state index in [1.807, 2.05) is 24.3 Å². The van der Waals surface area contributed by atoms with Crippen molar-refractivity contribution >= 4 is 17.4 Å². The number of thioether (sulfide) groups is 1. The summed E-state index contributed by atoms with van der Waals surface area (Å²) in [6.07, 6.45) is 3.46. The molecule has 2 N–H and O–H groups in total. The number of hydrogen-bond acceptors (Lipinski definition) is 3. The lowest BCUT2D eigenvalue weighted by atomic mass is 10.2. The maximum atomic E-state index is 5.80. The van der Waals surface area contributed by atoms with Gasteiger partial charge in [-0.05, 0) is 11.6 Å². The second-order valence-corrected chi connectivity index (χ2v) is 4.20. The number of nitrogens with two attached hydrogens (primary N) is 1. The minimum atomic E-state index is 0.749. The highest BCUT2D eigenvalue weighted by atomic mass is 32.2. The summed E-state index contributed by atoms with van der Waals surface area (Å²) in [5.74, 6) is 0.940. The summed E-state index contributed by atoms with van der Waals surface area (Å²) >= 11 is 1.74. The fraction of sp³-hybridized carbons (Fsp3) is 0.0833. The molecule has 2 aromatic rings. The van der Waals surface area contributed by atoms with E-state index in [0.717, 1.165) is 16.3 Å². The van der Waals surface area contributed by atoms with Crippen LogP contribution >= 0.6 is 11.8 Å². The van der Waals surface area contributed by atoms with Crippen molar-refractivity contribution in [3.05, 3.63) is 54.4 Å². The van der Waals surface area contributed by atoms with Crippen molar-refractivity contribution < 1.29 is 0 Å². The molecule has 0 saturated carbocycles. The Morgan fingerprint density at radius 1 is 1.13 bits per heavy atom. The third kappa shape index (κ3) is 2.73. The quantitative estimate of drug-likeness (QED) is 0.802. The second kappa shape index (κ2) is 4.84. The molecule has 0 aliphatic heterocycles. The predicted molar refractivity (Wildman–Crippen MR) is 64.7 cm³/mol. The molecular weight excluding hydrogens is 204 g/mol. The number of benzene rings is 1. The lowest BCUT2D eigenvalue weighted by Gasteiger charge is -2.04. The molecule has 1 aromatic heterocycles. The minimum absolute atomic E-state index is 0.749. The number of pyridine rings is 1. The van der Waals surface area contributed by atoms with Crippen LogP contribution < -0.4 is 5.73 Å². The van der Waals surface area contributed by atoms with Gasteiger partial charge in [-0.1, -0.05) is 30.3 Å². The van der Waals surface area contributed by atoms with Crippen LogP contribution in [0.5, 0.6) is 0 Å². The van der Waals surface area contributed by atoms with Gasteiger partial charge >= 0.3 is 0 Å². The van der Waals surface area contributed by atoms with Crippen LogP contribution in [0, 0.1) is 0 Å². The molecule has 0 amide bonds. The summed E-state index contributed by atoms with van der Waals surface area (Å²) in [5.41, 5.74) is 7.85. The lowest BCUT2D eigenvalue weighted by Crippen LogP contribution is -1.89. The number of aromatic nitrogens is 1. The molecular formula is C12H12N2S. The molecule has 1 aromatic carbocycles. The zero-order valence-electron chi connectivity index (χ0n) is 8.26. The Morgan fingerprint density at radius 2 is 1.93 bits per heavy atom. The first kappa shape index (κ1) is 10.1. The highest BCUT2D eigenvalue weighted by Crippen LogP contribution is 2.26. The van der Waals surface area contributed by atoms with E-state index in [1.165, 1.54) is 5.56 Å². The SMILES string of the molecule is Nc1cnccc1SCc1ccccc1. The standard InChI is InChI=1S/C12H12N2S/c13-11-8-14-7-6-12(11)15-9-10-4-2-1-3-5-10/h1-8H,9,13H2. The molecule has 0 unspecified atom stereocenters. The largest absolute Gasteiger partial charge is 0.397 e. The third-order valence-electron chi connectivity index (χ3n) is 2.05. The summed E-state index contributed by atoms with van der Waals surface area (Å²) in [5, 5.41) is 0. The zero-order chi connectivity index (χ0) is 10.5. The van der Waals surface area contributed by atoms with Gasteiger partial charge < -0.3 is 5.73 Å². The summed E-state index contributed by atoms with van der Waals surface area (Å²) in [4.78, 5) is 5.05. The topological polar surface area (TPSA) is 38.9 Å². The summed E-state index contributed by atoms with van der Waals surface area (Å²) in [7, 11) is 0. The minimum Gasteiger partial charge on any atom is -0.397 e. The van der Waals surface area contributed by atoms with Crippen LogP contribution in [0.15, 0.2) is 53.7 Å². The fourth-order valence-electron chi connectivity index (χ4n) is 1.26. The van der Waals surface area contributed by atoms with E-state index in [1.54, 1.807) is 24.2 Å². The zero-order valence-corrected chi connectivity index (χ0v) is 9.08. The van der Waals surface area contributed by atoms with Crippen LogP contribution in [0.25, 0.3) is 0 Å². The number of anilines is 1. The van der Waals surface area contributed by atoms with Gasteiger partial charge in [-0.15, -0.1) is 11.8 Å². The van der Waals surface area contributed by atoms with Gasteiger partial charge in [0.1, 0.15) is 0 Å². The van der Waals surface area contributed by atoms with Crippen LogP contribution in [-0.4, -0.2) is 4.98 Å². The van der Waals surface area contributed by atoms with Crippen molar-refractivity contribution in [2.45, 2.75) is 10.6 Å². The van der Waals surface area contributed by atoms with E-state index in [0.29, 0.717) is 0 Å². The van der Waals surface area contributed by atoms with E-state index >= 15 is 0 Å². The average molecular weight is 216 g/mol. The van der Waals surface area contributed by atoms with Crippen LogP contribution in [-0.2, 0) is 5.75 Å². The molecule has 2 nitrogen and oxygen atoms in total. The van der Waals surface area contributed by atoms with Crippen LogP contribution in [0.2, 0.25) is 0 Å². The molecule has 0 aliphatic carbocycles. The van der Waals surface area contributed by atoms with Crippen molar-refractivity contribution in [1.29, 1.82) is 0 Å². The van der Waals surface area contributed by atoms with Crippen LogP contribution in [0.4, 0.5) is 5.69 Å². The van der Waals surface area contributed by atoms with Gasteiger partial charge in [0.2, 0.25) is 0 Å². The predicted octanol–water partition coefficient (Wildman–Crippen LogP) is 2.96. The monoisotopic (exact) mass is 216 g/mol. The Morgan fingerprint density at radius 3 is 2.67 bits per heavy atom. The molecule has 76 valence electrons. The molecule has 2 rings (SSSR count). The summed E-state index contributed by atoms with van der Waals surface area (Å²) in [6.45, 7) is 0. The van der Waals surface area contributed by atoms with Gasteiger partial charge in [-0.25, -0.2) is 0 Å². The van der Waals surface area contributed by atoms with Gasteiger partial charge in [0.15, 0.2) is 0 Å². The number of hydrogen-bond donors (Lipinski definition) is 1. The molecule has 1 heterocycles. The van der Waals surface area contributed by atoms with E-state index in [9.17, 15) is 0 Å². The van der Waals surface area contributed by atoms with Crippen molar-refractivity contribution in [3.63, 3.8) is 0 Å². The number of nitrogens with zero attached hydrogens (tertiary/aromatic N) is 1. The van der Waals surface area contributed by atoms with E-state index < -0.39 is 0 Å². The Hall–Kier alpha value is -1.48. The first-order valence-corrected chi connectivity index (χ1v) is 5.71. The Bertz CT molecular complexity index is 429. The molecule has 0 saturated heterocycles. The molecule has 0 spiro atoms. The number of rotatable bonds is 3. The highest BCUT2D eigenvalue weighted by molar-refractivity contribution is 7.98. The summed E-state index contributed by atoms with van der Waals surface area (Å²) < 4.78 is 0. The second-order valence-electron chi connectivity index (χ2n) is 3.19. The van der Waals surface area contributed by atoms with Crippen molar-refractivity contribution in [2.75, 3.05) is 5.73 Å². The van der Waals surface area contributed by atoms with Crippen molar-refractivity contribution in [3.8, 4) is 0 Å². The van der Waals surface area contributed by atoms with Gasteiger partial charge in [-0.2, -0.15) is 0 Å². The molecule has 0 atom stereocenters. The van der Waals surface area contributed by atoms with Crippen LogP contribution in [0.3, 0.4) is 0 Å². The number of nitrogen functional groups attached to an aromatic ring is 1. The Labute approximate surface area is 93.5 Å². The average Bonchev–Trinajstić information content (AvgIpc) is 2.29. The molecule has 0 fully saturated rings. The maximum Gasteiger partial charge on any atom is 0.0638 e. The van der Waals surface area contributed by atoms with Crippen molar-refractivity contribution in [1.82, 2.24) is 4.98 Å². The van der Waals surface area contributed by atoms with E-state index in [-0.39, 0.29) is 0 Å². The molecule has 0 aliphatic rings. The first-order chi connectivity index (χ1) is 7.36. The van der Waals surface area contributed by atoms with E-state index in [2.05, 4.69) is 17.1 Å². The van der Waals surface area contributed by atoms with Crippen molar-refractivity contribution in [2.24, 2.45) is 0 Å².